The van der Waals surface area contributed by atoms with Gasteiger partial charge in [0.15, 0.2) is 0 Å². The number of benzene rings is 1. The fourth-order valence-electron chi connectivity index (χ4n) is 6.53. The van der Waals surface area contributed by atoms with Gasteiger partial charge in [0.25, 0.3) is 0 Å². The maximum absolute atomic E-state index is 5.70. The van der Waals surface area contributed by atoms with Crippen molar-refractivity contribution in [3.8, 4) is 5.75 Å². The number of hydrogen-bond donors (Lipinski definition) is 2. The van der Waals surface area contributed by atoms with E-state index in [-0.39, 0.29) is 0 Å². The van der Waals surface area contributed by atoms with Gasteiger partial charge in [0.2, 0.25) is 0 Å². The van der Waals surface area contributed by atoms with E-state index in [1.807, 2.05) is 0 Å². The predicted octanol–water partition coefficient (Wildman–Crippen LogP) is 3.98. The highest BCUT2D eigenvalue weighted by atomic mass is 16.5. The van der Waals surface area contributed by atoms with Gasteiger partial charge in [-0.15, -0.1) is 0 Å². The second kappa shape index (κ2) is 5.66. The zero-order chi connectivity index (χ0) is 16.1. The van der Waals surface area contributed by atoms with Crippen LogP contribution in [0.5, 0.6) is 5.75 Å². The topological polar surface area (TPSA) is 33.3 Å². The normalized spacial score (nSPS) is 37.5. The maximum atomic E-state index is 5.70. The molecule has 24 heavy (non-hydrogen) atoms. The van der Waals surface area contributed by atoms with E-state index < -0.39 is 0 Å². The van der Waals surface area contributed by atoms with Crippen LogP contribution in [-0.4, -0.2) is 24.7 Å². The predicted molar refractivity (Wildman–Crippen MR) is 97.6 cm³/mol. The Bertz CT molecular complexity index is 591. The van der Waals surface area contributed by atoms with Crippen LogP contribution in [0.4, 0.5) is 5.69 Å². The van der Waals surface area contributed by atoms with E-state index in [0.29, 0.717) is 11.6 Å². The Morgan fingerprint density at radius 3 is 2.58 bits per heavy atom. The lowest BCUT2D eigenvalue weighted by Crippen LogP contribution is -2.60. The molecule has 0 amide bonds. The number of rotatable bonds is 4. The summed E-state index contributed by atoms with van der Waals surface area (Å²) in [6.45, 7) is 4.07. The first-order chi connectivity index (χ1) is 11.7. The van der Waals surface area contributed by atoms with E-state index >= 15 is 0 Å². The summed E-state index contributed by atoms with van der Waals surface area (Å²) in [7, 11) is 0. The van der Waals surface area contributed by atoms with Crippen molar-refractivity contribution >= 4 is 5.69 Å². The first-order valence-corrected chi connectivity index (χ1v) is 9.95. The van der Waals surface area contributed by atoms with E-state index in [4.69, 9.17) is 4.74 Å². The molecule has 0 aromatic heterocycles. The molecule has 4 saturated carbocycles. The van der Waals surface area contributed by atoms with Crippen LogP contribution in [-0.2, 0) is 6.42 Å². The van der Waals surface area contributed by atoms with Crippen LogP contribution in [0.1, 0.15) is 51.0 Å². The van der Waals surface area contributed by atoms with E-state index in [9.17, 15) is 0 Å². The fourth-order valence-corrected chi connectivity index (χ4v) is 6.53. The summed E-state index contributed by atoms with van der Waals surface area (Å²) in [5, 5.41) is 7.56. The number of hydrogen-bond acceptors (Lipinski definition) is 3. The minimum atomic E-state index is 0.462. The highest BCUT2D eigenvalue weighted by Gasteiger charge is 2.50. The molecule has 5 aliphatic rings. The van der Waals surface area contributed by atoms with Gasteiger partial charge in [-0.05, 0) is 87.3 Å². The number of fused-ring (bicyclic) bond motifs is 1. The van der Waals surface area contributed by atoms with Crippen molar-refractivity contribution in [1.29, 1.82) is 0 Å². The summed E-state index contributed by atoms with van der Waals surface area (Å²) < 4.78 is 5.70. The average Bonchev–Trinajstić information content (AvgIpc) is 2.52. The summed E-state index contributed by atoms with van der Waals surface area (Å²) in [6, 6.07) is 7.20. The molecule has 0 radical (unpaired) electrons. The van der Waals surface area contributed by atoms with Crippen molar-refractivity contribution in [1.82, 2.24) is 5.32 Å². The van der Waals surface area contributed by atoms with Gasteiger partial charge < -0.3 is 15.4 Å². The molecule has 0 saturated heterocycles. The monoisotopic (exact) mass is 326 g/mol. The molecule has 3 nitrogen and oxygen atoms in total. The molecular formula is C21H30N2O. The largest absolute Gasteiger partial charge is 0.490 e. The molecule has 4 fully saturated rings. The highest BCUT2D eigenvalue weighted by molar-refractivity contribution is 5.59. The van der Waals surface area contributed by atoms with Crippen LogP contribution in [0.3, 0.4) is 0 Å². The molecule has 1 unspecified atom stereocenters. The first kappa shape index (κ1) is 15.1. The van der Waals surface area contributed by atoms with Gasteiger partial charge in [-0.2, -0.15) is 0 Å². The molecule has 130 valence electrons. The Balaban J connectivity index is 1.27. The van der Waals surface area contributed by atoms with E-state index in [0.717, 1.165) is 43.1 Å². The van der Waals surface area contributed by atoms with Gasteiger partial charge in [-0.3, -0.25) is 0 Å². The van der Waals surface area contributed by atoms with E-state index in [1.54, 1.807) is 0 Å². The molecule has 4 bridgehead atoms. The Morgan fingerprint density at radius 1 is 1.17 bits per heavy atom. The summed E-state index contributed by atoms with van der Waals surface area (Å²) >= 11 is 0. The molecule has 0 spiro atoms. The zero-order valence-corrected chi connectivity index (χ0v) is 14.8. The lowest BCUT2D eigenvalue weighted by atomic mass is 9.53. The molecular weight excluding hydrogens is 296 g/mol. The Hall–Kier alpha value is -1.22. The Labute approximate surface area is 145 Å². The van der Waals surface area contributed by atoms with Crippen LogP contribution in [0.15, 0.2) is 18.2 Å². The van der Waals surface area contributed by atoms with Crippen LogP contribution >= 0.6 is 0 Å². The highest BCUT2D eigenvalue weighted by Crippen LogP contribution is 2.55. The van der Waals surface area contributed by atoms with Crippen molar-refractivity contribution in [3.63, 3.8) is 0 Å². The smallest absolute Gasteiger partial charge is 0.142 e. The number of anilines is 1. The van der Waals surface area contributed by atoms with E-state index in [1.165, 1.54) is 49.8 Å². The molecule has 1 aliphatic heterocycles. The second-order valence-electron chi connectivity index (χ2n) is 9.05. The standard InChI is InChI=1S/C21H30N2O/c1-14(6-15-2-3-20-19(10-15)22-4-5-24-20)23-21-11-16-7-17(12-21)9-18(8-16)13-21/h2-3,10,14,16-18,22-23H,4-9,11-13H2,1H3. The first-order valence-electron chi connectivity index (χ1n) is 9.95. The van der Waals surface area contributed by atoms with Crippen molar-refractivity contribution in [2.45, 2.75) is 63.5 Å². The zero-order valence-electron chi connectivity index (χ0n) is 14.8. The molecule has 3 heteroatoms. The van der Waals surface area contributed by atoms with Crippen molar-refractivity contribution in [2.75, 3.05) is 18.5 Å². The lowest BCUT2D eigenvalue weighted by Gasteiger charge is -2.58. The molecule has 4 aliphatic carbocycles. The van der Waals surface area contributed by atoms with Crippen LogP contribution < -0.4 is 15.4 Å². The summed E-state index contributed by atoms with van der Waals surface area (Å²) in [4.78, 5) is 0. The SMILES string of the molecule is CC(Cc1ccc2c(c1)NCCO2)NC12CC3CC(CC(C3)C1)C2. The van der Waals surface area contributed by atoms with Crippen LogP contribution in [0.25, 0.3) is 0 Å². The summed E-state index contributed by atoms with van der Waals surface area (Å²) in [5.74, 6) is 4.05. The molecule has 2 N–H and O–H groups in total. The van der Waals surface area contributed by atoms with Gasteiger partial charge in [-0.25, -0.2) is 0 Å². The average molecular weight is 326 g/mol. The third kappa shape index (κ3) is 2.71. The minimum Gasteiger partial charge on any atom is -0.490 e. The van der Waals surface area contributed by atoms with Gasteiger partial charge >= 0.3 is 0 Å². The maximum Gasteiger partial charge on any atom is 0.142 e. The Morgan fingerprint density at radius 2 is 1.88 bits per heavy atom. The van der Waals surface area contributed by atoms with Crippen LogP contribution in [0.2, 0.25) is 0 Å². The van der Waals surface area contributed by atoms with Crippen molar-refractivity contribution in [3.05, 3.63) is 23.8 Å². The van der Waals surface area contributed by atoms with E-state index in [2.05, 4.69) is 35.8 Å². The van der Waals surface area contributed by atoms with Gasteiger partial charge in [-0.1, -0.05) is 6.07 Å². The van der Waals surface area contributed by atoms with Gasteiger partial charge in [0.1, 0.15) is 12.4 Å². The molecule has 1 aromatic carbocycles. The third-order valence-corrected chi connectivity index (χ3v) is 6.85. The van der Waals surface area contributed by atoms with Crippen molar-refractivity contribution in [2.24, 2.45) is 17.8 Å². The molecule has 1 aromatic rings. The fraction of sp³-hybridized carbons (Fsp3) is 0.714. The van der Waals surface area contributed by atoms with Crippen molar-refractivity contribution < 1.29 is 4.74 Å². The minimum absolute atomic E-state index is 0.462. The summed E-state index contributed by atoms with van der Waals surface area (Å²) in [6.07, 6.45) is 9.97. The molecule has 1 heterocycles. The molecule has 1 atom stereocenters. The summed E-state index contributed by atoms with van der Waals surface area (Å²) in [5.41, 5.74) is 3.04. The van der Waals surface area contributed by atoms with Crippen LogP contribution in [0, 0.1) is 17.8 Å². The Kier molecular flexibility index (Phi) is 3.55. The lowest BCUT2D eigenvalue weighted by molar-refractivity contribution is -0.0242. The number of nitrogens with one attached hydrogen (secondary N) is 2. The second-order valence-corrected chi connectivity index (χ2v) is 9.05. The third-order valence-electron chi connectivity index (χ3n) is 6.85. The number of ether oxygens (including phenoxy) is 1. The quantitative estimate of drug-likeness (QED) is 0.878. The van der Waals surface area contributed by atoms with Gasteiger partial charge in [0, 0.05) is 18.1 Å². The molecule has 6 rings (SSSR count). The van der Waals surface area contributed by atoms with Gasteiger partial charge in [0.05, 0.1) is 5.69 Å².